The third-order valence-electron chi connectivity index (χ3n) is 4.69. The van der Waals surface area contributed by atoms with Crippen LogP contribution in [-0.2, 0) is 9.53 Å². The monoisotopic (exact) mass is 382 g/mol. The number of aliphatic hydroxyl groups is 2. The standard InChI is InChI=1S/C21H42O4.Na.H/c1-2-3-4-5-6-7-8-9-10-11-12-13-14-15-16-17-21(24)25-20(18-22)19-23;;/h20,22-23H,2-19H2,1H3;;. The molecular formula is C21H43NaO4. The fraction of sp³-hybridized carbons (Fsp3) is 0.952. The molecule has 0 radical (unpaired) electrons. The van der Waals surface area contributed by atoms with Gasteiger partial charge in [-0.1, -0.05) is 96.8 Å². The van der Waals surface area contributed by atoms with Gasteiger partial charge in [-0.2, -0.15) is 0 Å². The zero-order chi connectivity index (χ0) is 18.6. The van der Waals surface area contributed by atoms with Crippen molar-refractivity contribution in [2.24, 2.45) is 0 Å². The van der Waals surface area contributed by atoms with Crippen molar-refractivity contribution in [1.82, 2.24) is 0 Å². The molecule has 0 fully saturated rings. The number of carbonyl (C=O) groups is 1. The number of hydrogen-bond acceptors (Lipinski definition) is 4. The van der Waals surface area contributed by atoms with E-state index in [2.05, 4.69) is 6.92 Å². The van der Waals surface area contributed by atoms with Crippen LogP contribution in [0, 0.1) is 0 Å². The first-order valence-electron chi connectivity index (χ1n) is 10.7. The Labute approximate surface area is 183 Å². The van der Waals surface area contributed by atoms with Gasteiger partial charge in [0.05, 0.1) is 13.2 Å². The number of carbonyl (C=O) groups excluding carboxylic acids is 1. The Kier molecular flexibility index (Phi) is 25.8. The van der Waals surface area contributed by atoms with Crippen molar-refractivity contribution in [3.8, 4) is 0 Å². The van der Waals surface area contributed by atoms with Crippen molar-refractivity contribution in [2.75, 3.05) is 13.2 Å². The number of unbranched alkanes of at least 4 members (excludes halogenated alkanes) is 14. The van der Waals surface area contributed by atoms with E-state index < -0.39 is 6.10 Å². The molecule has 0 saturated carbocycles. The number of hydrogen-bond donors (Lipinski definition) is 2. The van der Waals surface area contributed by atoms with Crippen LogP contribution in [0.4, 0.5) is 0 Å². The summed E-state index contributed by atoms with van der Waals surface area (Å²) in [6.45, 7) is 1.63. The minimum atomic E-state index is -0.760. The molecule has 0 amide bonds. The van der Waals surface area contributed by atoms with Gasteiger partial charge in [-0.05, 0) is 6.42 Å². The summed E-state index contributed by atoms with van der Waals surface area (Å²) in [5.41, 5.74) is 0. The Morgan fingerprint density at radius 2 is 1.04 bits per heavy atom. The first kappa shape index (κ1) is 28.6. The van der Waals surface area contributed by atoms with Crippen molar-refractivity contribution >= 4 is 35.5 Å². The van der Waals surface area contributed by atoms with Gasteiger partial charge >= 0.3 is 35.5 Å². The predicted molar refractivity (Wildman–Crippen MR) is 111 cm³/mol. The van der Waals surface area contributed by atoms with Crippen molar-refractivity contribution in [1.29, 1.82) is 0 Å². The van der Waals surface area contributed by atoms with Gasteiger partial charge in [0, 0.05) is 6.42 Å². The maximum absolute atomic E-state index is 11.5. The molecule has 0 spiro atoms. The molecule has 0 atom stereocenters. The third kappa shape index (κ3) is 20.7. The van der Waals surface area contributed by atoms with Crippen LogP contribution in [-0.4, -0.2) is 65.1 Å². The van der Waals surface area contributed by atoms with Gasteiger partial charge in [0.15, 0.2) is 0 Å². The molecule has 2 N–H and O–H groups in total. The van der Waals surface area contributed by atoms with E-state index in [4.69, 9.17) is 14.9 Å². The van der Waals surface area contributed by atoms with Crippen LogP contribution >= 0.6 is 0 Å². The first-order chi connectivity index (χ1) is 12.2. The van der Waals surface area contributed by atoms with E-state index in [1.54, 1.807) is 0 Å². The number of rotatable bonds is 19. The molecule has 0 saturated heterocycles. The van der Waals surface area contributed by atoms with Crippen LogP contribution in [0.5, 0.6) is 0 Å². The van der Waals surface area contributed by atoms with E-state index in [0.717, 1.165) is 12.8 Å². The molecule has 0 unspecified atom stereocenters. The molecule has 0 aromatic heterocycles. The van der Waals surface area contributed by atoms with E-state index >= 15 is 0 Å². The van der Waals surface area contributed by atoms with Crippen LogP contribution in [0.2, 0.25) is 0 Å². The van der Waals surface area contributed by atoms with Gasteiger partial charge < -0.3 is 14.9 Å². The van der Waals surface area contributed by atoms with Gasteiger partial charge in [-0.25, -0.2) is 0 Å². The molecule has 0 aliphatic rings. The Bertz CT molecular complexity index is 283. The molecule has 0 aromatic carbocycles. The number of ether oxygens (including phenoxy) is 1. The third-order valence-corrected chi connectivity index (χ3v) is 4.69. The van der Waals surface area contributed by atoms with Gasteiger partial charge in [0.1, 0.15) is 6.10 Å². The molecule has 0 aromatic rings. The Morgan fingerprint density at radius 3 is 1.38 bits per heavy atom. The summed E-state index contributed by atoms with van der Waals surface area (Å²) in [5.74, 6) is -0.317. The Morgan fingerprint density at radius 1 is 0.692 bits per heavy atom. The van der Waals surface area contributed by atoms with Crippen LogP contribution in [0.25, 0.3) is 0 Å². The van der Waals surface area contributed by atoms with E-state index in [1.165, 1.54) is 83.5 Å². The summed E-state index contributed by atoms with van der Waals surface area (Å²) in [6, 6.07) is 0. The Hall–Kier alpha value is 0.390. The van der Waals surface area contributed by atoms with Gasteiger partial charge in [-0.3, -0.25) is 4.79 Å². The molecule has 152 valence electrons. The van der Waals surface area contributed by atoms with Gasteiger partial charge in [-0.15, -0.1) is 0 Å². The summed E-state index contributed by atoms with van der Waals surface area (Å²) in [4.78, 5) is 11.5. The molecule has 0 aliphatic carbocycles. The predicted octanol–water partition coefficient (Wildman–Crippen LogP) is 4.50. The van der Waals surface area contributed by atoms with Crippen LogP contribution < -0.4 is 0 Å². The van der Waals surface area contributed by atoms with Crippen LogP contribution in [0.1, 0.15) is 110 Å². The average Bonchev–Trinajstić information content (AvgIpc) is 2.62. The Balaban J connectivity index is 0. The zero-order valence-corrected chi connectivity index (χ0v) is 16.5. The van der Waals surface area contributed by atoms with Crippen LogP contribution in [0.3, 0.4) is 0 Å². The van der Waals surface area contributed by atoms with E-state index in [0.29, 0.717) is 6.42 Å². The van der Waals surface area contributed by atoms with Crippen molar-refractivity contribution in [3.63, 3.8) is 0 Å². The van der Waals surface area contributed by atoms with Crippen molar-refractivity contribution in [3.05, 3.63) is 0 Å². The number of esters is 1. The fourth-order valence-corrected chi connectivity index (χ4v) is 3.02. The molecule has 0 bridgehead atoms. The summed E-state index contributed by atoms with van der Waals surface area (Å²) in [5, 5.41) is 17.7. The van der Waals surface area contributed by atoms with Crippen molar-refractivity contribution < 1.29 is 19.7 Å². The summed E-state index contributed by atoms with van der Waals surface area (Å²) < 4.78 is 4.93. The molecule has 26 heavy (non-hydrogen) atoms. The average molecular weight is 383 g/mol. The normalized spacial score (nSPS) is 10.8. The van der Waals surface area contributed by atoms with E-state index in [9.17, 15) is 4.79 Å². The second-order valence-electron chi connectivity index (χ2n) is 7.18. The minimum absolute atomic E-state index is 0. The van der Waals surface area contributed by atoms with Gasteiger partial charge in [0.2, 0.25) is 0 Å². The molecule has 0 rings (SSSR count). The molecular weight excluding hydrogens is 339 g/mol. The molecule has 5 heteroatoms. The topological polar surface area (TPSA) is 66.8 Å². The van der Waals surface area contributed by atoms with Crippen molar-refractivity contribution in [2.45, 2.75) is 116 Å². The molecule has 4 nitrogen and oxygen atoms in total. The zero-order valence-electron chi connectivity index (χ0n) is 16.5. The van der Waals surface area contributed by atoms with E-state index in [-0.39, 0.29) is 48.7 Å². The summed E-state index contributed by atoms with van der Waals surface area (Å²) in [7, 11) is 0. The van der Waals surface area contributed by atoms with Crippen LogP contribution in [0.15, 0.2) is 0 Å². The quantitative estimate of drug-likeness (QED) is 0.196. The maximum atomic E-state index is 11.5. The molecule has 0 heterocycles. The van der Waals surface area contributed by atoms with E-state index in [1.807, 2.05) is 0 Å². The SMILES string of the molecule is CCCCCCCCCCCCCCCCCC(=O)OC(CO)CO.[NaH]. The number of aliphatic hydroxyl groups excluding tert-OH is 2. The second kappa shape index (κ2) is 23.4. The fourth-order valence-electron chi connectivity index (χ4n) is 3.02. The molecule has 0 aliphatic heterocycles. The summed E-state index contributed by atoms with van der Waals surface area (Å²) >= 11 is 0. The second-order valence-corrected chi connectivity index (χ2v) is 7.18. The summed E-state index contributed by atoms with van der Waals surface area (Å²) in [6.07, 6.45) is 19.1. The first-order valence-corrected chi connectivity index (χ1v) is 10.7. The van der Waals surface area contributed by atoms with Gasteiger partial charge in [0.25, 0.3) is 0 Å².